The van der Waals surface area contributed by atoms with Gasteiger partial charge in [-0.2, -0.15) is 0 Å². The molecule has 9 aliphatic carbocycles. The average Bonchev–Trinajstić information content (AvgIpc) is 3.35. The standard InChI is InChI=1S/C14H24.C13H24.C12H22.C11H22/c1-10(2)14-8-12(3)5-11(14)6-13(4,7-12)9-14;1-9(2)13-7-11-4-10(3)5-12(6-11)8-13;1-9(2)12-7-10-4-3-5-11(6-10)8-12;1-10(2)11-8-6-4-3-5-7-9-11/h10-11H,5-9H2,1-4H3;9-13H,4-8H2,1-3H3;9-12H,3-8H2,1-2H3;10-11H,3-9H2,1-2H3/t;10?,11-,12+,13?;10-,11+,12?;. The molecule has 0 aliphatic heterocycles. The predicted octanol–water partition coefficient (Wildman–Crippen LogP) is 16.2. The molecule has 0 heterocycles. The molecule has 0 amide bonds. The van der Waals surface area contributed by atoms with Gasteiger partial charge >= 0.3 is 0 Å². The van der Waals surface area contributed by atoms with Gasteiger partial charge in [-0.3, -0.25) is 0 Å². The Labute approximate surface area is 316 Å². The van der Waals surface area contributed by atoms with Crippen molar-refractivity contribution in [3.63, 3.8) is 0 Å². The summed E-state index contributed by atoms with van der Waals surface area (Å²) < 4.78 is 0. The highest BCUT2D eigenvalue weighted by Gasteiger charge is 2.66. The zero-order chi connectivity index (χ0) is 36.3. The van der Waals surface area contributed by atoms with Crippen molar-refractivity contribution in [2.75, 3.05) is 0 Å². The fourth-order valence-electron chi connectivity index (χ4n) is 15.2. The fourth-order valence-corrected chi connectivity index (χ4v) is 15.2. The number of hydrogen-bond acceptors (Lipinski definition) is 0. The fraction of sp³-hybridized carbons (Fsp3) is 1.00. The minimum absolute atomic E-state index is 0.722. The third kappa shape index (κ3) is 10.6. The SMILES string of the molecule is CC(C)C12CC3(C)CC1CC(C)(C3)C2.CC(C)C1CCCCCCC1.CC(C)C1C[C@H]2CCC[C@@H](C1)C2.CC1C[C@@H]2CC(C(C)C)C[C@H](C1)C2. The molecular formula is C50H92. The molecule has 0 radical (unpaired) electrons. The molecule has 0 spiro atoms. The van der Waals surface area contributed by atoms with E-state index < -0.39 is 0 Å². The highest BCUT2D eigenvalue weighted by Crippen LogP contribution is 2.76. The average molecular weight is 693 g/mol. The van der Waals surface area contributed by atoms with Crippen molar-refractivity contribution >= 4 is 0 Å². The van der Waals surface area contributed by atoms with E-state index in [-0.39, 0.29) is 0 Å². The molecule has 0 aromatic heterocycles. The Morgan fingerprint density at radius 2 is 0.840 bits per heavy atom. The number of fused-ring (bicyclic) bond motifs is 4. The van der Waals surface area contributed by atoms with Crippen LogP contribution in [0.25, 0.3) is 0 Å². The van der Waals surface area contributed by atoms with E-state index >= 15 is 0 Å². The van der Waals surface area contributed by atoms with E-state index in [1.807, 2.05) is 0 Å². The Kier molecular flexibility index (Phi) is 14.5. The van der Waals surface area contributed by atoms with Crippen LogP contribution >= 0.6 is 0 Å². The highest BCUT2D eigenvalue weighted by molar-refractivity contribution is 5.16. The molecule has 5 unspecified atom stereocenters. The third-order valence-electron chi connectivity index (χ3n) is 17.4. The summed E-state index contributed by atoms with van der Waals surface area (Å²) in [5.74, 6) is 13.4. The Hall–Kier alpha value is 0. The zero-order valence-corrected chi connectivity index (χ0v) is 36.3. The molecule has 9 saturated carbocycles. The second-order valence-electron chi connectivity index (χ2n) is 23.4. The molecule has 0 aromatic carbocycles. The molecule has 292 valence electrons. The molecule has 0 nitrogen and oxygen atoms in total. The minimum atomic E-state index is 0.722. The van der Waals surface area contributed by atoms with Crippen molar-refractivity contribution < 1.29 is 0 Å². The van der Waals surface area contributed by atoms with E-state index in [1.54, 1.807) is 64.2 Å². The summed E-state index contributed by atoms with van der Waals surface area (Å²) in [5, 5.41) is 0. The summed E-state index contributed by atoms with van der Waals surface area (Å²) in [6.45, 7) is 26.9. The molecule has 9 fully saturated rings. The topological polar surface area (TPSA) is 0 Å². The monoisotopic (exact) mass is 693 g/mol. The third-order valence-corrected chi connectivity index (χ3v) is 17.4. The van der Waals surface area contributed by atoms with E-state index in [0.29, 0.717) is 0 Å². The quantitative estimate of drug-likeness (QED) is 0.275. The van der Waals surface area contributed by atoms with Gasteiger partial charge in [-0.25, -0.2) is 0 Å². The van der Waals surface area contributed by atoms with Crippen molar-refractivity contribution in [3.8, 4) is 0 Å². The summed E-state index contributed by atoms with van der Waals surface area (Å²) in [6.07, 6.45) is 35.1. The van der Waals surface area contributed by atoms with E-state index in [1.165, 1.54) is 83.5 Å². The Balaban J connectivity index is 0.000000130. The molecule has 0 heteroatoms. The number of rotatable bonds is 4. The van der Waals surface area contributed by atoms with Crippen LogP contribution in [0, 0.1) is 93.2 Å². The largest absolute Gasteiger partial charge is 0.0625 e. The molecule has 9 rings (SSSR count). The summed E-state index contributed by atoms with van der Waals surface area (Å²) in [6, 6.07) is 0. The van der Waals surface area contributed by atoms with Gasteiger partial charge in [-0.15, -0.1) is 0 Å². The van der Waals surface area contributed by atoms with Crippen molar-refractivity contribution in [2.24, 2.45) is 93.2 Å². The van der Waals surface area contributed by atoms with Gasteiger partial charge in [0.2, 0.25) is 0 Å². The van der Waals surface area contributed by atoms with Crippen molar-refractivity contribution in [1.29, 1.82) is 0 Å². The summed E-state index contributed by atoms with van der Waals surface area (Å²) in [4.78, 5) is 0. The van der Waals surface area contributed by atoms with Crippen LogP contribution in [0.1, 0.15) is 224 Å². The Bertz CT molecular complexity index is 944. The van der Waals surface area contributed by atoms with Crippen LogP contribution in [0.3, 0.4) is 0 Å². The maximum absolute atomic E-state index is 2.56. The first-order valence-electron chi connectivity index (χ1n) is 23.6. The van der Waals surface area contributed by atoms with Crippen molar-refractivity contribution in [1.82, 2.24) is 0 Å². The smallest absolute Gasteiger partial charge is 0.0235 e. The highest BCUT2D eigenvalue weighted by atomic mass is 14.7. The zero-order valence-electron chi connectivity index (χ0n) is 36.3. The molecule has 9 atom stereocenters. The van der Waals surface area contributed by atoms with Crippen molar-refractivity contribution in [3.05, 3.63) is 0 Å². The number of hydrogen-bond donors (Lipinski definition) is 0. The van der Waals surface area contributed by atoms with Crippen LogP contribution in [0.4, 0.5) is 0 Å². The molecule has 50 heavy (non-hydrogen) atoms. The van der Waals surface area contributed by atoms with E-state index in [9.17, 15) is 0 Å². The van der Waals surface area contributed by atoms with Crippen LogP contribution in [-0.4, -0.2) is 0 Å². The van der Waals surface area contributed by atoms with Crippen molar-refractivity contribution in [2.45, 2.75) is 224 Å². The second-order valence-corrected chi connectivity index (χ2v) is 23.4. The molecule has 8 bridgehead atoms. The molecule has 0 N–H and O–H groups in total. The molecular weight excluding hydrogens is 601 g/mol. The second kappa shape index (κ2) is 17.6. The first-order valence-corrected chi connectivity index (χ1v) is 23.6. The van der Waals surface area contributed by atoms with Gasteiger partial charge < -0.3 is 0 Å². The Morgan fingerprint density at radius 3 is 1.26 bits per heavy atom. The normalized spacial score (nSPS) is 43.7. The first-order chi connectivity index (χ1) is 23.6. The van der Waals surface area contributed by atoms with Gasteiger partial charge in [0.15, 0.2) is 0 Å². The maximum atomic E-state index is 2.56. The minimum Gasteiger partial charge on any atom is -0.0625 e. The van der Waals surface area contributed by atoms with E-state index in [2.05, 4.69) is 76.2 Å². The van der Waals surface area contributed by atoms with Gasteiger partial charge in [0, 0.05) is 0 Å². The van der Waals surface area contributed by atoms with Crippen LogP contribution < -0.4 is 0 Å². The van der Waals surface area contributed by atoms with Crippen LogP contribution in [0.15, 0.2) is 0 Å². The molecule has 0 aromatic rings. The van der Waals surface area contributed by atoms with Gasteiger partial charge in [0.25, 0.3) is 0 Å². The molecule has 0 saturated heterocycles. The maximum Gasteiger partial charge on any atom is -0.0235 e. The predicted molar refractivity (Wildman–Crippen MR) is 221 cm³/mol. The van der Waals surface area contributed by atoms with E-state index in [0.717, 1.165) is 93.2 Å². The lowest BCUT2D eigenvalue weighted by molar-refractivity contribution is 0.0462. The molecule has 9 aliphatic rings. The van der Waals surface area contributed by atoms with E-state index in [4.69, 9.17) is 0 Å². The van der Waals surface area contributed by atoms with Gasteiger partial charge in [0.1, 0.15) is 0 Å². The van der Waals surface area contributed by atoms with Gasteiger partial charge in [-0.05, 0) is 177 Å². The summed E-state index contributed by atoms with van der Waals surface area (Å²) >= 11 is 0. The first kappa shape index (κ1) is 41.2. The van der Waals surface area contributed by atoms with Gasteiger partial charge in [-0.1, -0.05) is 140 Å². The lowest BCUT2D eigenvalue weighted by atomic mass is 9.59. The Morgan fingerprint density at radius 1 is 0.420 bits per heavy atom. The lowest BCUT2D eigenvalue weighted by Crippen LogP contribution is -2.35. The van der Waals surface area contributed by atoms with Gasteiger partial charge in [0.05, 0.1) is 0 Å². The van der Waals surface area contributed by atoms with Crippen LogP contribution in [0.2, 0.25) is 0 Å². The summed E-state index contributed by atoms with van der Waals surface area (Å²) in [7, 11) is 0. The lowest BCUT2D eigenvalue weighted by Gasteiger charge is -2.46. The van der Waals surface area contributed by atoms with Crippen LogP contribution in [0.5, 0.6) is 0 Å². The summed E-state index contributed by atoms with van der Waals surface area (Å²) in [5.41, 5.74) is 2.20. The van der Waals surface area contributed by atoms with Crippen LogP contribution in [-0.2, 0) is 0 Å².